The van der Waals surface area contributed by atoms with Crippen molar-refractivity contribution in [1.82, 2.24) is 14.6 Å². The molecular weight excluding hydrogens is 446 g/mol. The molecule has 0 atom stereocenters. The number of aromatic nitrogens is 1. The molecule has 0 unspecified atom stereocenters. The topological polar surface area (TPSA) is 117 Å². The van der Waals surface area contributed by atoms with E-state index in [2.05, 4.69) is 15.0 Å². The third-order valence-corrected chi connectivity index (χ3v) is 6.66. The Morgan fingerprint density at radius 2 is 2.07 bits per heavy atom. The van der Waals surface area contributed by atoms with Crippen molar-refractivity contribution in [2.75, 3.05) is 25.0 Å². The normalized spacial score (nSPS) is 13.5. The first-order valence-electron chi connectivity index (χ1n) is 9.43. The summed E-state index contributed by atoms with van der Waals surface area (Å²) in [5.41, 5.74) is 6.75. The van der Waals surface area contributed by atoms with E-state index in [1.807, 2.05) is 12.1 Å². The Hall–Kier alpha value is -2.30. The molecule has 2 aromatic rings. The predicted octanol–water partition coefficient (Wildman–Crippen LogP) is 3.32. The fraction of sp³-hybridized carbons (Fsp3) is 0.368. The lowest BCUT2D eigenvalue weighted by Crippen LogP contribution is -2.33. The number of likely N-dealkylation sites (tertiary alicyclic amines) is 1. The highest BCUT2D eigenvalue weighted by atomic mass is 35.5. The number of halogens is 1. The maximum absolute atomic E-state index is 12.2. The predicted molar refractivity (Wildman–Crippen MR) is 119 cm³/mol. The van der Waals surface area contributed by atoms with E-state index in [-0.39, 0.29) is 11.5 Å². The molecule has 4 amide bonds. The van der Waals surface area contributed by atoms with Crippen LogP contribution in [0.4, 0.5) is 9.80 Å². The van der Waals surface area contributed by atoms with Crippen LogP contribution in [-0.2, 0) is 10.5 Å². The molecule has 1 aliphatic heterocycles. The molecule has 0 radical (unpaired) electrons. The zero-order chi connectivity index (χ0) is 21.5. The monoisotopic (exact) mass is 467 g/mol. The molecule has 11 heteroatoms. The molecule has 0 spiro atoms. The van der Waals surface area contributed by atoms with Crippen molar-refractivity contribution < 1.29 is 14.4 Å². The number of nitrogens with two attached hydrogens (primary N) is 1. The Kier molecular flexibility index (Phi) is 7.94. The van der Waals surface area contributed by atoms with Crippen molar-refractivity contribution in [2.24, 2.45) is 5.73 Å². The summed E-state index contributed by atoms with van der Waals surface area (Å²) in [7, 11) is 0. The summed E-state index contributed by atoms with van der Waals surface area (Å²) in [4.78, 5) is 37.5. The van der Waals surface area contributed by atoms with Gasteiger partial charge in [0.05, 0.1) is 0 Å². The lowest BCUT2D eigenvalue weighted by Gasteiger charge is -2.15. The lowest BCUT2D eigenvalue weighted by atomic mass is 10.2. The number of carbonyl (C=O) groups excluding carboxylic acids is 3. The second kappa shape index (κ2) is 10.6. The number of urea groups is 1. The molecule has 3 rings (SSSR count). The number of primary amides is 1. The Morgan fingerprint density at radius 1 is 1.30 bits per heavy atom. The van der Waals surface area contributed by atoms with Gasteiger partial charge in [0, 0.05) is 36.8 Å². The Morgan fingerprint density at radius 3 is 2.73 bits per heavy atom. The number of anilines is 1. The molecule has 0 saturated carbocycles. The van der Waals surface area contributed by atoms with E-state index in [0.717, 1.165) is 30.1 Å². The van der Waals surface area contributed by atoms with Crippen LogP contribution in [0.15, 0.2) is 29.3 Å². The summed E-state index contributed by atoms with van der Waals surface area (Å²) in [6.45, 7) is 1.82. The van der Waals surface area contributed by atoms with Crippen molar-refractivity contribution in [3.8, 4) is 0 Å². The van der Waals surface area contributed by atoms with Gasteiger partial charge < -0.3 is 16.0 Å². The van der Waals surface area contributed by atoms with Crippen molar-refractivity contribution in [3.63, 3.8) is 0 Å². The van der Waals surface area contributed by atoms with Gasteiger partial charge in [-0.1, -0.05) is 35.5 Å². The molecule has 0 bridgehead atoms. The van der Waals surface area contributed by atoms with Crippen molar-refractivity contribution in [1.29, 1.82) is 0 Å². The number of nitrogens with one attached hydrogen (secondary N) is 2. The first-order chi connectivity index (χ1) is 14.4. The zero-order valence-electron chi connectivity index (χ0n) is 16.2. The first-order valence-corrected chi connectivity index (χ1v) is 11.6. The van der Waals surface area contributed by atoms with Crippen LogP contribution in [0.3, 0.4) is 0 Å². The first kappa shape index (κ1) is 22.4. The lowest BCUT2D eigenvalue weighted by molar-refractivity contribution is -0.127. The van der Waals surface area contributed by atoms with E-state index in [4.69, 9.17) is 17.3 Å². The molecule has 1 aromatic carbocycles. The molecule has 1 aliphatic rings. The fourth-order valence-electron chi connectivity index (χ4n) is 2.97. The van der Waals surface area contributed by atoms with E-state index in [9.17, 15) is 14.4 Å². The Bertz CT molecular complexity index is 919. The van der Waals surface area contributed by atoms with Crippen LogP contribution >= 0.6 is 34.9 Å². The van der Waals surface area contributed by atoms with Crippen molar-refractivity contribution in [2.45, 2.75) is 30.0 Å². The molecular formula is C19H22ClN5O3S2. The van der Waals surface area contributed by atoms with Crippen LogP contribution in [0, 0.1) is 0 Å². The van der Waals surface area contributed by atoms with E-state index >= 15 is 0 Å². The van der Waals surface area contributed by atoms with E-state index in [1.165, 1.54) is 11.8 Å². The molecule has 1 saturated heterocycles. The third kappa shape index (κ3) is 6.10. The number of hydrogen-bond acceptors (Lipinski definition) is 6. The highest BCUT2D eigenvalue weighted by molar-refractivity contribution is 7.98. The largest absolute Gasteiger partial charge is 0.365 e. The van der Waals surface area contributed by atoms with Crippen LogP contribution < -0.4 is 16.4 Å². The summed E-state index contributed by atoms with van der Waals surface area (Å²) in [6.07, 6.45) is 2.16. The quantitative estimate of drug-likeness (QED) is 0.386. The second-order valence-corrected chi connectivity index (χ2v) is 8.86. The molecule has 160 valence electrons. The minimum Gasteiger partial charge on any atom is -0.365 e. The van der Waals surface area contributed by atoms with Gasteiger partial charge in [-0.25, -0.2) is 4.79 Å². The summed E-state index contributed by atoms with van der Waals surface area (Å²) in [5.74, 6) is 0.103. The third-order valence-electron chi connectivity index (χ3n) is 4.48. The summed E-state index contributed by atoms with van der Waals surface area (Å²) in [5, 5.41) is 6.82. The molecule has 2 heterocycles. The van der Waals surface area contributed by atoms with Gasteiger partial charge in [-0.15, -0.1) is 0 Å². The van der Waals surface area contributed by atoms with Gasteiger partial charge in [0.1, 0.15) is 15.6 Å². The average molecular weight is 468 g/mol. The van der Waals surface area contributed by atoms with Crippen LogP contribution in [0.2, 0.25) is 5.02 Å². The number of carbonyl (C=O) groups is 3. The molecule has 1 fully saturated rings. The molecule has 8 nitrogen and oxygen atoms in total. The van der Waals surface area contributed by atoms with E-state index in [0.29, 0.717) is 46.7 Å². The minimum atomic E-state index is -0.648. The van der Waals surface area contributed by atoms with Gasteiger partial charge in [-0.2, -0.15) is 4.37 Å². The van der Waals surface area contributed by atoms with Crippen LogP contribution in [0.1, 0.15) is 35.2 Å². The molecule has 30 heavy (non-hydrogen) atoms. The number of hydrogen-bond donors (Lipinski definition) is 3. The van der Waals surface area contributed by atoms with Gasteiger partial charge in [0.25, 0.3) is 5.91 Å². The highest BCUT2D eigenvalue weighted by Crippen LogP contribution is 2.33. The maximum Gasteiger partial charge on any atom is 0.319 e. The number of nitrogens with zero attached hydrogens (tertiary/aromatic N) is 2. The maximum atomic E-state index is 12.2. The SMILES string of the molecule is NC(=O)c1c(SCc2ccc(Cl)cc2)nsc1NC(=O)NCCCN1CCCC1=O. The zero-order valence-corrected chi connectivity index (χ0v) is 18.5. The second-order valence-electron chi connectivity index (χ2n) is 6.69. The van der Waals surface area contributed by atoms with Gasteiger partial charge in [0.15, 0.2) is 0 Å². The highest BCUT2D eigenvalue weighted by Gasteiger charge is 2.21. The average Bonchev–Trinajstić information content (AvgIpc) is 3.30. The Labute approximate surface area is 187 Å². The minimum absolute atomic E-state index is 0.166. The Balaban J connectivity index is 1.51. The molecule has 1 aromatic heterocycles. The number of amides is 4. The van der Waals surface area contributed by atoms with Gasteiger partial charge in [-0.3, -0.25) is 14.9 Å². The van der Waals surface area contributed by atoms with E-state index < -0.39 is 11.9 Å². The van der Waals surface area contributed by atoms with Crippen LogP contribution in [0.25, 0.3) is 0 Å². The van der Waals surface area contributed by atoms with Gasteiger partial charge >= 0.3 is 6.03 Å². The van der Waals surface area contributed by atoms with Gasteiger partial charge in [0.2, 0.25) is 5.91 Å². The van der Waals surface area contributed by atoms with E-state index in [1.54, 1.807) is 17.0 Å². The summed E-state index contributed by atoms with van der Waals surface area (Å²) < 4.78 is 4.27. The molecule has 4 N–H and O–H groups in total. The van der Waals surface area contributed by atoms with Crippen LogP contribution in [0.5, 0.6) is 0 Å². The number of rotatable bonds is 9. The van der Waals surface area contributed by atoms with Gasteiger partial charge in [-0.05, 0) is 42.1 Å². The number of thioether (sulfide) groups is 1. The van der Waals surface area contributed by atoms with Crippen molar-refractivity contribution >= 4 is 57.7 Å². The molecule has 0 aliphatic carbocycles. The summed E-state index contributed by atoms with van der Waals surface area (Å²) in [6, 6.07) is 6.94. The summed E-state index contributed by atoms with van der Waals surface area (Å²) >= 11 is 8.27. The van der Waals surface area contributed by atoms with Crippen LogP contribution in [-0.4, -0.2) is 46.8 Å². The number of benzene rings is 1. The van der Waals surface area contributed by atoms with Crippen molar-refractivity contribution in [3.05, 3.63) is 40.4 Å². The fourth-order valence-corrected chi connectivity index (χ4v) is 5.02. The smallest absolute Gasteiger partial charge is 0.319 e. The standard InChI is InChI=1S/C19H22ClN5O3S2/c20-13-6-4-12(5-7-13)11-29-18-15(16(21)27)17(30-24-18)23-19(28)22-8-2-10-25-9-1-3-14(25)26/h4-7H,1-3,8-11H2,(H2,21,27)(H2,22,23,28).